The lowest BCUT2D eigenvalue weighted by Crippen LogP contribution is -2.20. The van der Waals surface area contributed by atoms with Crippen molar-refractivity contribution in [1.29, 1.82) is 0 Å². The first-order valence-electron chi connectivity index (χ1n) is 13.7. The molecule has 0 spiro atoms. The number of carbonyl (C=O) groups is 1. The summed E-state index contributed by atoms with van der Waals surface area (Å²) in [7, 11) is 0. The monoisotopic (exact) mass is 441 g/mol. The molecule has 186 valence electrons. The Hall–Kier alpha value is -0.610. The highest BCUT2D eigenvalue weighted by Gasteiger charge is 2.19. The molecule has 0 aliphatic rings. The van der Waals surface area contributed by atoms with Crippen LogP contribution in [0.5, 0.6) is 0 Å². The van der Waals surface area contributed by atoms with E-state index in [9.17, 15) is 4.79 Å². The van der Waals surface area contributed by atoms with Crippen LogP contribution in [0, 0.1) is 5.92 Å². The first kappa shape index (κ1) is 30.4. The highest BCUT2D eigenvalue weighted by molar-refractivity contribution is 5.72. The van der Waals surface area contributed by atoms with Crippen molar-refractivity contribution in [2.75, 3.05) is 26.3 Å². The molecule has 0 saturated carbocycles. The largest absolute Gasteiger partial charge is 0.465 e. The average Bonchev–Trinajstić information content (AvgIpc) is 2.78. The third-order valence-corrected chi connectivity index (χ3v) is 6.15. The summed E-state index contributed by atoms with van der Waals surface area (Å²) >= 11 is 0. The van der Waals surface area contributed by atoms with Gasteiger partial charge in [-0.15, -0.1) is 0 Å². The molecule has 0 radical (unpaired) electrons. The lowest BCUT2D eigenvalue weighted by atomic mass is 9.95. The number of ether oxygens (including phenoxy) is 1. The van der Waals surface area contributed by atoms with E-state index in [0.717, 1.165) is 58.0 Å². The number of hydrogen-bond donors (Lipinski definition) is 2. The Labute approximate surface area is 194 Å². The van der Waals surface area contributed by atoms with Gasteiger partial charge in [0.05, 0.1) is 12.5 Å². The summed E-state index contributed by atoms with van der Waals surface area (Å²) in [5, 5.41) is 12.2. The van der Waals surface area contributed by atoms with Crippen molar-refractivity contribution in [3.8, 4) is 0 Å². The summed E-state index contributed by atoms with van der Waals surface area (Å²) in [6.07, 6.45) is 22.7. The van der Waals surface area contributed by atoms with Gasteiger partial charge in [0.2, 0.25) is 0 Å². The van der Waals surface area contributed by atoms with E-state index in [0.29, 0.717) is 6.61 Å². The summed E-state index contributed by atoms with van der Waals surface area (Å²) < 4.78 is 5.67. The summed E-state index contributed by atoms with van der Waals surface area (Å²) in [6, 6.07) is 0. The van der Waals surface area contributed by atoms with Gasteiger partial charge in [-0.05, 0) is 45.2 Å². The number of aliphatic hydroxyl groups excluding tert-OH is 1. The number of carbonyl (C=O) groups excluding carboxylic acids is 1. The second kappa shape index (κ2) is 25.6. The molecule has 31 heavy (non-hydrogen) atoms. The molecule has 2 N–H and O–H groups in total. The van der Waals surface area contributed by atoms with E-state index in [1.54, 1.807) is 0 Å². The molecule has 0 fully saturated rings. The fraction of sp³-hybridized carbons (Fsp3) is 0.963. The van der Waals surface area contributed by atoms with Gasteiger partial charge in [-0.1, -0.05) is 104 Å². The van der Waals surface area contributed by atoms with Crippen LogP contribution < -0.4 is 5.32 Å². The van der Waals surface area contributed by atoms with Gasteiger partial charge in [0.1, 0.15) is 0 Å². The molecule has 0 heterocycles. The van der Waals surface area contributed by atoms with Crippen LogP contribution in [0.3, 0.4) is 0 Å². The molecule has 0 rings (SSSR count). The number of esters is 1. The lowest BCUT2D eigenvalue weighted by Gasteiger charge is -2.16. The van der Waals surface area contributed by atoms with Gasteiger partial charge < -0.3 is 15.2 Å². The van der Waals surface area contributed by atoms with Crippen molar-refractivity contribution in [2.24, 2.45) is 5.92 Å². The summed E-state index contributed by atoms with van der Waals surface area (Å²) in [6.45, 7) is 7.19. The molecule has 4 nitrogen and oxygen atoms in total. The van der Waals surface area contributed by atoms with Crippen molar-refractivity contribution in [3.63, 3.8) is 0 Å². The molecule has 1 unspecified atom stereocenters. The molecule has 1 atom stereocenters. The van der Waals surface area contributed by atoms with E-state index in [2.05, 4.69) is 19.2 Å². The Bertz CT molecular complexity index is 362. The number of rotatable bonds is 25. The molecule has 0 aromatic heterocycles. The van der Waals surface area contributed by atoms with E-state index >= 15 is 0 Å². The highest BCUT2D eigenvalue weighted by Crippen LogP contribution is 2.20. The molecule has 0 aliphatic carbocycles. The minimum atomic E-state index is 0.0461. The highest BCUT2D eigenvalue weighted by atomic mass is 16.5. The van der Waals surface area contributed by atoms with Crippen LogP contribution in [0.1, 0.15) is 136 Å². The summed E-state index contributed by atoms with van der Waals surface area (Å²) in [5.74, 6) is 0.127. The van der Waals surface area contributed by atoms with E-state index in [-0.39, 0.29) is 18.5 Å². The van der Waals surface area contributed by atoms with Crippen molar-refractivity contribution < 1.29 is 14.6 Å². The quantitative estimate of drug-likeness (QED) is 0.116. The van der Waals surface area contributed by atoms with Gasteiger partial charge >= 0.3 is 5.97 Å². The molecule has 0 aromatic rings. The number of unbranched alkanes of at least 4 members (excludes halogenated alkanes) is 13. The minimum absolute atomic E-state index is 0.0461. The predicted octanol–water partition coefficient (Wildman–Crippen LogP) is 7.18. The lowest BCUT2D eigenvalue weighted by molar-refractivity contribution is -0.149. The SMILES string of the molecule is CCCCCCCCCCOC(=O)C(CCCCCCCC)CCCCNCCCO. The second-order valence-corrected chi connectivity index (χ2v) is 9.22. The van der Waals surface area contributed by atoms with Gasteiger partial charge in [0.25, 0.3) is 0 Å². The van der Waals surface area contributed by atoms with Crippen LogP contribution in [-0.2, 0) is 9.53 Å². The molecule has 0 aliphatic heterocycles. The molecule has 0 amide bonds. The first-order chi connectivity index (χ1) is 15.3. The molecule has 0 aromatic carbocycles. The second-order valence-electron chi connectivity index (χ2n) is 9.22. The molecular weight excluding hydrogens is 386 g/mol. The summed E-state index contributed by atoms with van der Waals surface area (Å²) in [5.41, 5.74) is 0. The Morgan fingerprint density at radius 3 is 1.74 bits per heavy atom. The van der Waals surface area contributed by atoms with Gasteiger partial charge in [0, 0.05) is 6.61 Å². The fourth-order valence-corrected chi connectivity index (χ4v) is 4.05. The van der Waals surface area contributed by atoms with Crippen LogP contribution in [0.2, 0.25) is 0 Å². The number of hydrogen-bond acceptors (Lipinski definition) is 4. The normalized spacial score (nSPS) is 12.2. The van der Waals surface area contributed by atoms with E-state index in [1.165, 1.54) is 77.0 Å². The Morgan fingerprint density at radius 2 is 1.16 bits per heavy atom. The smallest absolute Gasteiger partial charge is 0.308 e. The zero-order valence-corrected chi connectivity index (χ0v) is 21.1. The van der Waals surface area contributed by atoms with Crippen molar-refractivity contribution in [1.82, 2.24) is 5.32 Å². The van der Waals surface area contributed by atoms with Gasteiger partial charge in [-0.3, -0.25) is 4.79 Å². The number of aliphatic hydroxyl groups is 1. The zero-order valence-electron chi connectivity index (χ0n) is 21.1. The minimum Gasteiger partial charge on any atom is -0.465 e. The van der Waals surface area contributed by atoms with Crippen molar-refractivity contribution in [2.45, 2.75) is 136 Å². The average molecular weight is 442 g/mol. The van der Waals surface area contributed by atoms with Crippen LogP contribution in [-0.4, -0.2) is 37.4 Å². The maximum atomic E-state index is 12.7. The van der Waals surface area contributed by atoms with E-state index in [1.807, 2.05) is 0 Å². The van der Waals surface area contributed by atoms with Gasteiger partial charge in [-0.2, -0.15) is 0 Å². The van der Waals surface area contributed by atoms with Crippen LogP contribution >= 0.6 is 0 Å². The summed E-state index contributed by atoms with van der Waals surface area (Å²) in [4.78, 5) is 12.7. The topological polar surface area (TPSA) is 58.6 Å². The van der Waals surface area contributed by atoms with E-state index < -0.39 is 0 Å². The first-order valence-corrected chi connectivity index (χ1v) is 13.7. The number of nitrogens with one attached hydrogen (secondary N) is 1. The molecule has 0 bridgehead atoms. The fourth-order valence-electron chi connectivity index (χ4n) is 4.05. The van der Waals surface area contributed by atoms with Crippen LogP contribution in [0.25, 0.3) is 0 Å². The van der Waals surface area contributed by atoms with E-state index in [4.69, 9.17) is 9.84 Å². The molecule has 0 saturated heterocycles. The van der Waals surface area contributed by atoms with Crippen LogP contribution in [0.15, 0.2) is 0 Å². The maximum absolute atomic E-state index is 12.7. The maximum Gasteiger partial charge on any atom is 0.308 e. The van der Waals surface area contributed by atoms with Gasteiger partial charge in [0.15, 0.2) is 0 Å². The predicted molar refractivity (Wildman–Crippen MR) is 133 cm³/mol. The van der Waals surface area contributed by atoms with Crippen molar-refractivity contribution >= 4 is 5.97 Å². The zero-order chi connectivity index (χ0) is 22.8. The molecular formula is C27H55NO3. The third-order valence-electron chi connectivity index (χ3n) is 6.15. The van der Waals surface area contributed by atoms with Crippen LogP contribution in [0.4, 0.5) is 0 Å². The molecule has 4 heteroatoms. The Kier molecular flexibility index (Phi) is 25.1. The van der Waals surface area contributed by atoms with Gasteiger partial charge in [-0.25, -0.2) is 0 Å². The van der Waals surface area contributed by atoms with Crippen molar-refractivity contribution in [3.05, 3.63) is 0 Å². The Balaban J connectivity index is 3.99. The Morgan fingerprint density at radius 1 is 0.677 bits per heavy atom. The standard InChI is InChI=1S/C27H55NO3/c1-3-5-7-9-11-12-14-18-25-31-27(30)26(20-15-13-10-8-6-4-2)21-16-17-22-28-23-19-24-29/h26,28-29H,3-25H2,1-2H3. The third kappa shape index (κ3) is 22.4.